The summed E-state index contributed by atoms with van der Waals surface area (Å²) in [7, 11) is 0. The van der Waals surface area contributed by atoms with Gasteiger partial charge in [0.1, 0.15) is 11.3 Å². The molecule has 2 aromatic rings. The number of fused-ring (bicyclic) bond motifs is 1. The van der Waals surface area contributed by atoms with Crippen molar-refractivity contribution in [3.05, 3.63) is 36.1 Å². The molecule has 0 fully saturated rings. The SMILES string of the molecule is CC[C@H](C)C(=O)N[C@H](C)c1cc2ccccc2o1. The number of carbonyl (C=O) groups excluding carboxylic acids is 1. The van der Waals surface area contributed by atoms with Crippen molar-refractivity contribution in [1.29, 1.82) is 0 Å². The maximum atomic E-state index is 11.8. The van der Waals surface area contributed by atoms with Crippen molar-refractivity contribution in [3.8, 4) is 0 Å². The minimum Gasteiger partial charge on any atom is -0.459 e. The van der Waals surface area contributed by atoms with Crippen LogP contribution in [0.4, 0.5) is 0 Å². The van der Waals surface area contributed by atoms with E-state index in [4.69, 9.17) is 4.42 Å². The van der Waals surface area contributed by atoms with Crippen LogP contribution in [0.2, 0.25) is 0 Å². The molecular formula is C15H19NO2. The Bertz CT molecular complexity index is 511. The smallest absolute Gasteiger partial charge is 0.223 e. The van der Waals surface area contributed by atoms with Crippen molar-refractivity contribution in [2.75, 3.05) is 0 Å². The van der Waals surface area contributed by atoms with Gasteiger partial charge in [-0.1, -0.05) is 32.0 Å². The van der Waals surface area contributed by atoms with E-state index in [9.17, 15) is 4.79 Å². The van der Waals surface area contributed by atoms with Crippen LogP contribution in [0.5, 0.6) is 0 Å². The molecule has 0 saturated heterocycles. The molecule has 0 aliphatic carbocycles. The lowest BCUT2D eigenvalue weighted by Crippen LogP contribution is -2.31. The molecule has 3 nitrogen and oxygen atoms in total. The van der Waals surface area contributed by atoms with Gasteiger partial charge in [0.25, 0.3) is 0 Å². The number of nitrogens with one attached hydrogen (secondary N) is 1. The van der Waals surface area contributed by atoms with Crippen molar-refractivity contribution < 1.29 is 9.21 Å². The number of para-hydroxylation sites is 1. The molecule has 1 heterocycles. The molecule has 1 amide bonds. The Labute approximate surface area is 107 Å². The molecule has 0 aliphatic rings. The van der Waals surface area contributed by atoms with Crippen LogP contribution < -0.4 is 5.32 Å². The van der Waals surface area contributed by atoms with E-state index in [0.717, 1.165) is 23.2 Å². The minimum atomic E-state index is -0.0982. The van der Waals surface area contributed by atoms with Crippen molar-refractivity contribution in [1.82, 2.24) is 5.32 Å². The largest absolute Gasteiger partial charge is 0.459 e. The highest BCUT2D eigenvalue weighted by Crippen LogP contribution is 2.23. The van der Waals surface area contributed by atoms with Gasteiger partial charge in [-0.2, -0.15) is 0 Å². The van der Waals surface area contributed by atoms with Crippen molar-refractivity contribution in [2.45, 2.75) is 33.2 Å². The lowest BCUT2D eigenvalue weighted by Gasteiger charge is -2.14. The summed E-state index contributed by atoms with van der Waals surface area (Å²) in [5.74, 6) is 0.912. The topological polar surface area (TPSA) is 42.2 Å². The van der Waals surface area contributed by atoms with Gasteiger partial charge in [0.2, 0.25) is 5.91 Å². The number of hydrogen-bond donors (Lipinski definition) is 1. The Kier molecular flexibility index (Phi) is 3.70. The number of hydrogen-bond acceptors (Lipinski definition) is 2. The molecule has 1 N–H and O–H groups in total. The average molecular weight is 245 g/mol. The molecule has 0 saturated carbocycles. The van der Waals surface area contributed by atoms with Crippen LogP contribution in [0.25, 0.3) is 11.0 Å². The van der Waals surface area contributed by atoms with E-state index in [1.807, 2.05) is 51.1 Å². The summed E-state index contributed by atoms with van der Waals surface area (Å²) in [4.78, 5) is 11.8. The highest BCUT2D eigenvalue weighted by atomic mass is 16.3. The summed E-state index contributed by atoms with van der Waals surface area (Å²) in [5, 5.41) is 4.04. The maximum absolute atomic E-state index is 11.8. The monoisotopic (exact) mass is 245 g/mol. The van der Waals surface area contributed by atoms with E-state index in [1.54, 1.807) is 0 Å². The molecule has 2 rings (SSSR count). The third-order valence-electron chi connectivity index (χ3n) is 3.29. The molecule has 1 aromatic heterocycles. The Morgan fingerprint density at radius 3 is 2.72 bits per heavy atom. The van der Waals surface area contributed by atoms with Crippen LogP contribution in [0.15, 0.2) is 34.7 Å². The van der Waals surface area contributed by atoms with Gasteiger partial charge >= 0.3 is 0 Å². The predicted octanol–water partition coefficient (Wildman–Crippen LogP) is 3.66. The van der Waals surface area contributed by atoms with Crippen molar-refractivity contribution >= 4 is 16.9 Å². The molecule has 18 heavy (non-hydrogen) atoms. The Hall–Kier alpha value is -1.77. The molecule has 3 heteroatoms. The maximum Gasteiger partial charge on any atom is 0.223 e. The summed E-state index contributed by atoms with van der Waals surface area (Å²) < 4.78 is 5.73. The lowest BCUT2D eigenvalue weighted by molar-refractivity contribution is -0.125. The van der Waals surface area contributed by atoms with E-state index < -0.39 is 0 Å². The van der Waals surface area contributed by atoms with Gasteiger partial charge in [0.05, 0.1) is 6.04 Å². The van der Waals surface area contributed by atoms with E-state index in [0.29, 0.717) is 0 Å². The second-order valence-electron chi connectivity index (χ2n) is 4.73. The zero-order valence-corrected chi connectivity index (χ0v) is 11.1. The molecule has 0 unspecified atom stereocenters. The number of rotatable bonds is 4. The first-order valence-corrected chi connectivity index (χ1v) is 6.40. The van der Waals surface area contributed by atoms with Gasteiger partial charge < -0.3 is 9.73 Å². The van der Waals surface area contributed by atoms with Gasteiger partial charge in [0.15, 0.2) is 0 Å². The Balaban J connectivity index is 2.13. The Morgan fingerprint density at radius 2 is 2.06 bits per heavy atom. The Morgan fingerprint density at radius 1 is 1.33 bits per heavy atom. The van der Waals surface area contributed by atoms with Gasteiger partial charge in [-0.15, -0.1) is 0 Å². The second kappa shape index (κ2) is 5.25. The summed E-state index contributed by atoms with van der Waals surface area (Å²) in [6.07, 6.45) is 0.846. The minimum absolute atomic E-state index is 0.0387. The van der Waals surface area contributed by atoms with Crippen LogP contribution in [0.1, 0.15) is 39.0 Å². The molecule has 96 valence electrons. The first-order chi connectivity index (χ1) is 8.61. The first kappa shape index (κ1) is 12.7. The van der Waals surface area contributed by atoms with E-state index in [-0.39, 0.29) is 17.9 Å². The fourth-order valence-electron chi connectivity index (χ4n) is 1.83. The van der Waals surface area contributed by atoms with Gasteiger partial charge in [-0.25, -0.2) is 0 Å². The molecular weight excluding hydrogens is 226 g/mol. The van der Waals surface area contributed by atoms with Crippen LogP contribution in [0, 0.1) is 5.92 Å². The molecule has 0 aliphatic heterocycles. The highest BCUT2D eigenvalue weighted by Gasteiger charge is 2.17. The molecule has 0 radical (unpaired) electrons. The second-order valence-corrected chi connectivity index (χ2v) is 4.73. The van der Waals surface area contributed by atoms with Gasteiger partial charge in [-0.3, -0.25) is 4.79 Å². The predicted molar refractivity (Wildman–Crippen MR) is 72.2 cm³/mol. The molecule has 1 aromatic carbocycles. The summed E-state index contributed by atoms with van der Waals surface area (Å²) >= 11 is 0. The average Bonchev–Trinajstić information content (AvgIpc) is 2.81. The van der Waals surface area contributed by atoms with Crippen LogP contribution in [0.3, 0.4) is 0 Å². The van der Waals surface area contributed by atoms with E-state index in [1.165, 1.54) is 0 Å². The van der Waals surface area contributed by atoms with Crippen LogP contribution >= 0.6 is 0 Å². The zero-order chi connectivity index (χ0) is 13.1. The quantitative estimate of drug-likeness (QED) is 0.893. The fraction of sp³-hybridized carbons (Fsp3) is 0.400. The lowest BCUT2D eigenvalue weighted by atomic mass is 10.1. The van der Waals surface area contributed by atoms with E-state index >= 15 is 0 Å². The number of benzene rings is 1. The highest BCUT2D eigenvalue weighted by molar-refractivity contribution is 5.80. The summed E-state index contributed by atoms with van der Waals surface area (Å²) in [6, 6.07) is 9.74. The molecule has 0 spiro atoms. The van der Waals surface area contributed by atoms with Gasteiger partial charge in [-0.05, 0) is 25.5 Å². The standard InChI is InChI=1S/C15H19NO2/c1-4-10(2)15(17)16-11(3)14-9-12-7-5-6-8-13(12)18-14/h5-11H,4H2,1-3H3,(H,16,17)/t10-,11+/m0/s1. The summed E-state index contributed by atoms with van der Waals surface area (Å²) in [5.41, 5.74) is 0.858. The summed E-state index contributed by atoms with van der Waals surface area (Å²) in [6.45, 7) is 5.88. The van der Waals surface area contributed by atoms with Crippen molar-refractivity contribution in [3.63, 3.8) is 0 Å². The molecule has 2 atom stereocenters. The molecule has 0 bridgehead atoms. The third kappa shape index (κ3) is 2.55. The van der Waals surface area contributed by atoms with Gasteiger partial charge in [0, 0.05) is 11.3 Å². The number of amides is 1. The van der Waals surface area contributed by atoms with Crippen LogP contribution in [-0.4, -0.2) is 5.91 Å². The van der Waals surface area contributed by atoms with E-state index in [2.05, 4.69) is 5.32 Å². The number of carbonyl (C=O) groups is 1. The fourth-order valence-corrected chi connectivity index (χ4v) is 1.83. The zero-order valence-electron chi connectivity index (χ0n) is 11.1. The third-order valence-corrected chi connectivity index (χ3v) is 3.29. The number of furan rings is 1. The first-order valence-electron chi connectivity index (χ1n) is 6.40. The van der Waals surface area contributed by atoms with Crippen LogP contribution in [-0.2, 0) is 4.79 Å². The van der Waals surface area contributed by atoms with Crippen molar-refractivity contribution in [2.24, 2.45) is 5.92 Å². The normalized spacial score (nSPS) is 14.4.